The summed E-state index contributed by atoms with van der Waals surface area (Å²) in [5.41, 5.74) is 0.772. The number of nitrogens with one attached hydrogen (secondary N) is 2. The molecule has 1 aromatic heterocycles. The molecular formula is C16H17ClN4O2. The first-order chi connectivity index (χ1) is 11.2. The highest BCUT2D eigenvalue weighted by Gasteiger charge is 2.15. The van der Waals surface area contributed by atoms with Gasteiger partial charge < -0.3 is 15.4 Å². The Balaban J connectivity index is 1.57. The summed E-state index contributed by atoms with van der Waals surface area (Å²) >= 11 is 6.01. The molecule has 1 aliphatic heterocycles. The second kappa shape index (κ2) is 7.39. The third-order valence-electron chi connectivity index (χ3n) is 3.55. The van der Waals surface area contributed by atoms with Crippen molar-refractivity contribution in [2.24, 2.45) is 0 Å². The largest absolute Gasteiger partial charge is 0.376 e. The quantitative estimate of drug-likeness (QED) is 0.880. The zero-order chi connectivity index (χ0) is 16.1. The van der Waals surface area contributed by atoms with Crippen LogP contribution in [0.4, 0.5) is 11.5 Å². The molecule has 3 rings (SSSR count). The number of carbonyl (C=O) groups is 1. The van der Waals surface area contributed by atoms with Crippen molar-refractivity contribution in [1.29, 1.82) is 0 Å². The zero-order valence-electron chi connectivity index (χ0n) is 12.5. The van der Waals surface area contributed by atoms with Gasteiger partial charge in [0.05, 0.1) is 16.8 Å². The summed E-state index contributed by atoms with van der Waals surface area (Å²) in [6.45, 7) is 1.51. The van der Waals surface area contributed by atoms with Crippen molar-refractivity contribution < 1.29 is 9.53 Å². The lowest BCUT2D eigenvalue weighted by atomic mass is 10.2. The third-order valence-corrected chi connectivity index (χ3v) is 3.88. The molecule has 1 fully saturated rings. The van der Waals surface area contributed by atoms with Gasteiger partial charge in [0.15, 0.2) is 5.69 Å². The fourth-order valence-corrected chi connectivity index (χ4v) is 2.50. The van der Waals surface area contributed by atoms with Crippen molar-refractivity contribution in [2.75, 3.05) is 23.8 Å². The number of nitrogens with zero attached hydrogens (tertiary/aromatic N) is 2. The molecule has 120 valence electrons. The molecule has 1 unspecified atom stereocenters. The van der Waals surface area contributed by atoms with Gasteiger partial charge >= 0.3 is 0 Å². The minimum Gasteiger partial charge on any atom is -0.376 e. The molecule has 0 aliphatic carbocycles. The number of amides is 1. The van der Waals surface area contributed by atoms with Crippen LogP contribution in [0.1, 0.15) is 23.3 Å². The van der Waals surface area contributed by atoms with Crippen molar-refractivity contribution in [3.63, 3.8) is 0 Å². The maximum absolute atomic E-state index is 12.1. The van der Waals surface area contributed by atoms with Crippen molar-refractivity contribution >= 4 is 29.0 Å². The van der Waals surface area contributed by atoms with Crippen LogP contribution in [0.2, 0.25) is 5.02 Å². The monoisotopic (exact) mass is 332 g/mol. The van der Waals surface area contributed by atoms with E-state index in [-0.39, 0.29) is 17.7 Å². The molecule has 0 radical (unpaired) electrons. The van der Waals surface area contributed by atoms with Crippen LogP contribution in [0.3, 0.4) is 0 Å². The van der Waals surface area contributed by atoms with Gasteiger partial charge in [-0.15, -0.1) is 10.2 Å². The van der Waals surface area contributed by atoms with Crippen LogP contribution < -0.4 is 10.6 Å². The van der Waals surface area contributed by atoms with E-state index in [1.807, 2.05) is 0 Å². The minimum atomic E-state index is -0.351. The number of aromatic nitrogens is 2. The van der Waals surface area contributed by atoms with E-state index in [9.17, 15) is 4.79 Å². The number of anilines is 2. The van der Waals surface area contributed by atoms with Crippen LogP contribution in [0.25, 0.3) is 0 Å². The summed E-state index contributed by atoms with van der Waals surface area (Å²) in [6, 6.07) is 10.4. The Labute approximate surface area is 139 Å². The Morgan fingerprint density at radius 2 is 2.13 bits per heavy atom. The molecule has 2 N–H and O–H groups in total. The van der Waals surface area contributed by atoms with Crippen LogP contribution >= 0.6 is 11.6 Å². The van der Waals surface area contributed by atoms with E-state index >= 15 is 0 Å². The highest BCUT2D eigenvalue weighted by Crippen LogP contribution is 2.21. The van der Waals surface area contributed by atoms with E-state index in [2.05, 4.69) is 20.8 Å². The summed E-state index contributed by atoms with van der Waals surface area (Å²) < 4.78 is 5.53. The smallest absolute Gasteiger partial charge is 0.276 e. The summed E-state index contributed by atoms with van der Waals surface area (Å²) in [7, 11) is 0. The van der Waals surface area contributed by atoms with Crippen molar-refractivity contribution in [1.82, 2.24) is 10.2 Å². The standard InChI is InChI=1S/C16H17ClN4O2/c17-12-5-1-2-6-13(12)19-16(22)14-7-8-15(21-20-14)18-10-11-4-3-9-23-11/h1-2,5-8,11H,3-4,9-10H2,(H,18,21)(H,19,22). The third kappa shape index (κ3) is 4.18. The van der Waals surface area contributed by atoms with E-state index in [0.29, 0.717) is 23.1 Å². The number of para-hydroxylation sites is 1. The number of halogens is 1. The molecule has 1 atom stereocenters. The first-order valence-electron chi connectivity index (χ1n) is 7.47. The van der Waals surface area contributed by atoms with Gasteiger partial charge in [0.25, 0.3) is 5.91 Å². The average molecular weight is 333 g/mol. The maximum atomic E-state index is 12.1. The number of hydrogen-bond acceptors (Lipinski definition) is 5. The first kappa shape index (κ1) is 15.7. The number of benzene rings is 1. The van der Waals surface area contributed by atoms with E-state index in [1.54, 1.807) is 36.4 Å². The van der Waals surface area contributed by atoms with Gasteiger partial charge in [-0.3, -0.25) is 4.79 Å². The summed E-state index contributed by atoms with van der Waals surface area (Å²) in [6.07, 6.45) is 2.37. The molecule has 1 aliphatic rings. The average Bonchev–Trinajstić information content (AvgIpc) is 3.09. The Morgan fingerprint density at radius 3 is 2.83 bits per heavy atom. The van der Waals surface area contributed by atoms with Crippen LogP contribution in [0.5, 0.6) is 0 Å². The number of hydrogen-bond donors (Lipinski definition) is 2. The van der Waals surface area contributed by atoms with Gasteiger partial charge in [-0.25, -0.2) is 0 Å². The lowest BCUT2D eigenvalue weighted by Crippen LogP contribution is -2.20. The zero-order valence-corrected chi connectivity index (χ0v) is 13.2. The van der Waals surface area contributed by atoms with E-state index in [4.69, 9.17) is 16.3 Å². The topological polar surface area (TPSA) is 76.1 Å². The lowest BCUT2D eigenvalue weighted by molar-refractivity contribution is 0.102. The van der Waals surface area contributed by atoms with Gasteiger partial charge in [0.1, 0.15) is 5.82 Å². The van der Waals surface area contributed by atoms with Gasteiger partial charge in [-0.05, 0) is 37.1 Å². The molecule has 7 heteroatoms. The molecule has 6 nitrogen and oxygen atoms in total. The Bertz CT molecular complexity index is 672. The van der Waals surface area contributed by atoms with Crippen molar-refractivity contribution in [3.05, 3.63) is 47.1 Å². The second-order valence-electron chi connectivity index (χ2n) is 5.25. The van der Waals surface area contributed by atoms with E-state index < -0.39 is 0 Å². The molecule has 1 amide bonds. The normalized spacial score (nSPS) is 17.0. The Hall–Kier alpha value is -2.18. The predicted octanol–water partition coefficient (Wildman–Crippen LogP) is 2.97. The molecule has 0 spiro atoms. The Kier molecular flexibility index (Phi) is 5.05. The molecule has 0 bridgehead atoms. The minimum absolute atomic E-state index is 0.222. The number of carbonyl (C=O) groups excluding carboxylic acids is 1. The fourth-order valence-electron chi connectivity index (χ4n) is 2.32. The van der Waals surface area contributed by atoms with Crippen LogP contribution in [-0.4, -0.2) is 35.4 Å². The summed E-state index contributed by atoms with van der Waals surface area (Å²) in [5, 5.41) is 14.3. The molecule has 1 aromatic carbocycles. The summed E-state index contributed by atoms with van der Waals surface area (Å²) in [4.78, 5) is 12.1. The SMILES string of the molecule is O=C(Nc1ccccc1Cl)c1ccc(NCC2CCCO2)nn1. The number of rotatable bonds is 5. The van der Waals surface area contributed by atoms with Crippen LogP contribution in [-0.2, 0) is 4.74 Å². The van der Waals surface area contributed by atoms with Gasteiger partial charge in [0.2, 0.25) is 0 Å². The number of ether oxygens (including phenoxy) is 1. The van der Waals surface area contributed by atoms with Crippen molar-refractivity contribution in [3.8, 4) is 0 Å². The Morgan fingerprint density at radius 1 is 1.26 bits per heavy atom. The highest BCUT2D eigenvalue weighted by molar-refractivity contribution is 6.33. The molecule has 2 heterocycles. The highest BCUT2D eigenvalue weighted by atomic mass is 35.5. The van der Waals surface area contributed by atoms with E-state index in [1.165, 1.54) is 0 Å². The molecule has 1 saturated heterocycles. The van der Waals surface area contributed by atoms with Crippen LogP contribution in [0.15, 0.2) is 36.4 Å². The predicted molar refractivity (Wildman–Crippen MR) is 88.9 cm³/mol. The van der Waals surface area contributed by atoms with Gasteiger partial charge in [0, 0.05) is 13.2 Å². The lowest BCUT2D eigenvalue weighted by Gasteiger charge is -2.11. The summed E-state index contributed by atoms with van der Waals surface area (Å²) in [5.74, 6) is 0.270. The molecule has 23 heavy (non-hydrogen) atoms. The molecule has 2 aromatic rings. The van der Waals surface area contributed by atoms with Crippen molar-refractivity contribution in [2.45, 2.75) is 18.9 Å². The van der Waals surface area contributed by atoms with Gasteiger partial charge in [-0.1, -0.05) is 23.7 Å². The first-order valence-corrected chi connectivity index (χ1v) is 7.85. The van der Waals surface area contributed by atoms with Gasteiger partial charge in [-0.2, -0.15) is 0 Å². The maximum Gasteiger partial charge on any atom is 0.276 e. The molecule has 0 saturated carbocycles. The molecular weight excluding hydrogens is 316 g/mol. The fraction of sp³-hybridized carbons (Fsp3) is 0.312. The van der Waals surface area contributed by atoms with Crippen LogP contribution in [0, 0.1) is 0 Å². The second-order valence-corrected chi connectivity index (χ2v) is 5.66. The van der Waals surface area contributed by atoms with E-state index in [0.717, 1.165) is 19.4 Å².